The van der Waals surface area contributed by atoms with E-state index in [9.17, 15) is 8.42 Å². The Morgan fingerprint density at radius 2 is 1.55 bits per heavy atom. The Kier molecular flexibility index (Phi) is 5.31. The Morgan fingerprint density at radius 3 is 2.24 bits per heavy atom. The first kappa shape index (κ1) is 20.8. The lowest BCUT2D eigenvalue weighted by Crippen LogP contribution is -2.12. The first-order valence-electron chi connectivity index (χ1n) is 10.4. The lowest BCUT2D eigenvalue weighted by atomic mass is 10.1. The molecule has 0 spiro atoms. The number of sulfonamides is 1. The van der Waals surface area contributed by atoms with Crippen LogP contribution in [-0.4, -0.2) is 33.2 Å². The van der Waals surface area contributed by atoms with Gasteiger partial charge in [-0.2, -0.15) is 9.61 Å². The highest BCUT2D eigenvalue weighted by Gasteiger charge is 2.15. The third-order valence-electron chi connectivity index (χ3n) is 5.28. The molecule has 0 aliphatic rings. The number of aromatic nitrogens is 5. The average Bonchev–Trinajstić information content (AvgIpc) is 3.28. The Hall–Kier alpha value is -4.11. The number of hydrogen-bond acceptors (Lipinski definition) is 6. The molecule has 8 nitrogen and oxygen atoms in total. The fourth-order valence-electron chi connectivity index (χ4n) is 3.45. The van der Waals surface area contributed by atoms with E-state index in [0.29, 0.717) is 22.9 Å². The second-order valence-electron chi connectivity index (χ2n) is 7.43. The molecule has 2 aromatic carbocycles. The van der Waals surface area contributed by atoms with Crippen molar-refractivity contribution in [2.45, 2.75) is 18.2 Å². The summed E-state index contributed by atoms with van der Waals surface area (Å²) in [4.78, 5) is 4.26. The Morgan fingerprint density at radius 1 is 0.818 bits per heavy atom. The number of nitrogens with one attached hydrogen (secondary N) is 1. The van der Waals surface area contributed by atoms with Gasteiger partial charge in [-0.15, -0.1) is 10.2 Å². The van der Waals surface area contributed by atoms with E-state index in [1.807, 2.05) is 55.5 Å². The van der Waals surface area contributed by atoms with Gasteiger partial charge in [-0.1, -0.05) is 31.2 Å². The van der Waals surface area contributed by atoms with E-state index in [2.05, 4.69) is 25.0 Å². The summed E-state index contributed by atoms with van der Waals surface area (Å²) < 4.78 is 29.7. The molecule has 33 heavy (non-hydrogen) atoms. The molecule has 0 saturated carbocycles. The van der Waals surface area contributed by atoms with Gasteiger partial charge < -0.3 is 0 Å². The van der Waals surface area contributed by atoms with Crippen molar-refractivity contribution in [3.05, 3.63) is 90.8 Å². The summed E-state index contributed by atoms with van der Waals surface area (Å²) in [7, 11) is -3.66. The smallest absolute Gasteiger partial charge is 0.261 e. The number of rotatable bonds is 6. The van der Waals surface area contributed by atoms with Crippen molar-refractivity contribution in [1.82, 2.24) is 24.8 Å². The minimum atomic E-state index is -3.66. The third kappa shape index (κ3) is 4.18. The number of benzene rings is 2. The molecular formula is C24H20N6O2S. The molecule has 0 atom stereocenters. The Bertz CT molecular complexity index is 1510. The van der Waals surface area contributed by atoms with Crippen LogP contribution in [0.3, 0.4) is 0 Å². The van der Waals surface area contributed by atoms with Crippen LogP contribution in [-0.2, 0) is 16.4 Å². The van der Waals surface area contributed by atoms with Crippen LogP contribution in [0.25, 0.3) is 28.3 Å². The minimum absolute atomic E-state index is 0.229. The molecule has 0 unspecified atom stereocenters. The van der Waals surface area contributed by atoms with Crippen LogP contribution in [0.4, 0.5) is 5.69 Å². The van der Waals surface area contributed by atoms with Crippen molar-refractivity contribution in [2.75, 3.05) is 4.72 Å². The van der Waals surface area contributed by atoms with Crippen LogP contribution in [0.5, 0.6) is 0 Å². The molecule has 0 fully saturated rings. The van der Waals surface area contributed by atoms with E-state index in [1.165, 1.54) is 0 Å². The quantitative estimate of drug-likeness (QED) is 0.411. The van der Waals surface area contributed by atoms with Crippen molar-refractivity contribution >= 4 is 21.4 Å². The molecule has 0 saturated heterocycles. The average molecular weight is 457 g/mol. The molecule has 0 aliphatic carbocycles. The number of nitrogens with zero attached hydrogens (tertiary/aromatic N) is 5. The molecule has 3 aromatic heterocycles. The number of anilines is 1. The largest absolute Gasteiger partial charge is 0.280 e. The van der Waals surface area contributed by atoms with Gasteiger partial charge in [-0.25, -0.2) is 8.42 Å². The zero-order valence-electron chi connectivity index (χ0n) is 17.8. The topological polar surface area (TPSA) is 102 Å². The van der Waals surface area contributed by atoms with Crippen molar-refractivity contribution in [1.29, 1.82) is 0 Å². The van der Waals surface area contributed by atoms with Crippen LogP contribution in [0.1, 0.15) is 12.5 Å². The van der Waals surface area contributed by atoms with Crippen molar-refractivity contribution in [3.8, 4) is 22.6 Å². The fourth-order valence-corrected chi connectivity index (χ4v) is 4.51. The van der Waals surface area contributed by atoms with Gasteiger partial charge in [-0.3, -0.25) is 9.71 Å². The molecule has 5 rings (SSSR count). The van der Waals surface area contributed by atoms with E-state index >= 15 is 0 Å². The van der Waals surface area contributed by atoms with Crippen molar-refractivity contribution in [2.24, 2.45) is 0 Å². The fraction of sp³-hybridized carbons (Fsp3) is 0.0833. The molecule has 0 amide bonds. The summed E-state index contributed by atoms with van der Waals surface area (Å²) in [6.07, 6.45) is 4.24. The zero-order valence-corrected chi connectivity index (χ0v) is 18.6. The first-order chi connectivity index (χ1) is 16.0. The van der Waals surface area contributed by atoms with Crippen LogP contribution < -0.4 is 4.72 Å². The van der Waals surface area contributed by atoms with Gasteiger partial charge in [0, 0.05) is 29.2 Å². The maximum atomic E-state index is 12.7. The lowest BCUT2D eigenvalue weighted by Gasteiger charge is -2.09. The van der Waals surface area contributed by atoms with Gasteiger partial charge in [0.15, 0.2) is 11.5 Å². The van der Waals surface area contributed by atoms with E-state index < -0.39 is 10.0 Å². The first-order valence-corrected chi connectivity index (χ1v) is 11.9. The van der Waals surface area contributed by atoms with Gasteiger partial charge in [0.25, 0.3) is 10.0 Å². The summed E-state index contributed by atoms with van der Waals surface area (Å²) in [5, 5.41) is 13.1. The highest BCUT2D eigenvalue weighted by Crippen LogP contribution is 2.24. The van der Waals surface area contributed by atoms with Gasteiger partial charge in [0.05, 0.1) is 10.6 Å². The van der Waals surface area contributed by atoms with Crippen LogP contribution in [0.2, 0.25) is 0 Å². The summed E-state index contributed by atoms with van der Waals surface area (Å²) in [6.45, 7) is 2.03. The standard InChI is InChI=1S/C24H20N6O2S/c1-2-17-3-9-21(10-4-17)33(31,32)29-20-7-5-18(6-8-20)22-11-12-23-26-27-24(30(23)28-22)19-13-15-25-16-14-19/h3-16,29H,2H2,1H3. The van der Waals surface area contributed by atoms with Crippen LogP contribution in [0, 0.1) is 0 Å². The summed E-state index contributed by atoms with van der Waals surface area (Å²) >= 11 is 0. The highest BCUT2D eigenvalue weighted by atomic mass is 32.2. The van der Waals surface area contributed by atoms with E-state index in [0.717, 1.165) is 23.1 Å². The molecule has 0 radical (unpaired) electrons. The summed E-state index contributed by atoms with van der Waals surface area (Å²) in [5.74, 6) is 0.618. The maximum Gasteiger partial charge on any atom is 0.261 e. The molecule has 5 aromatic rings. The predicted octanol–water partition coefficient (Wildman–Crippen LogP) is 4.22. The highest BCUT2D eigenvalue weighted by molar-refractivity contribution is 7.92. The number of fused-ring (bicyclic) bond motifs is 1. The minimum Gasteiger partial charge on any atom is -0.280 e. The molecular weight excluding hydrogens is 436 g/mol. The van der Waals surface area contributed by atoms with Crippen LogP contribution in [0.15, 0.2) is 90.1 Å². The van der Waals surface area contributed by atoms with Crippen LogP contribution >= 0.6 is 0 Å². The third-order valence-corrected chi connectivity index (χ3v) is 6.67. The summed E-state index contributed by atoms with van der Waals surface area (Å²) in [6, 6.07) is 21.4. The lowest BCUT2D eigenvalue weighted by molar-refractivity contribution is 0.601. The normalized spacial score (nSPS) is 11.5. The number of aryl methyl sites for hydroxylation is 1. The van der Waals surface area contributed by atoms with Crippen molar-refractivity contribution in [3.63, 3.8) is 0 Å². The van der Waals surface area contributed by atoms with Gasteiger partial charge in [-0.05, 0) is 60.5 Å². The number of pyridine rings is 1. The SMILES string of the molecule is CCc1ccc(S(=O)(=O)Nc2ccc(-c3ccc4nnc(-c5ccncc5)n4n3)cc2)cc1. The number of hydrogen-bond donors (Lipinski definition) is 1. The molecule has 3 heterocycles. The molecule has 0 bridgehead atoms. The monoisotopic (exact) mass is 456 g/mol. The van der Waals surface area contributed by atoms with Gasteiger partial charge in [0.1, 0.15) is 0 Å². The molecule has 1 N–H and O–H groups in total. The van der Waals surface area contributed by atoms with Gasteiger partial charge >= 0.3 is 0 Å². The Labute approximate surface area is 191 Å². The Balaban J connectivity index is 1.41. The maximum absolute atomic E-state index is 12.7. The second kappa shape index (κ2) is 8.44. The van der Waals surface area contributed by atoms with Crippen molar-refractivity contribution < 1.29 is 8.42 Å². The predicted molar refractivity (Wildman–Crippen MR) is 126 cm³/mol. The van der Waals surface area contributed by atoms with E-state index in [1.54, 1.807) is 41.2 Å². The second-order valence-corrected chi connectivity index (χ2v) is 9.11. The van der Waals surface area contributed by atoms with E-state index in [4.69, 9.17) is 0 Å². The molecule has 164 valence electrons. The summed E-state index contributed by atoms with van der Waals surface area (Å²) in [5.41, 5.74) is 4.59. The zero-order chi connectivity index (χ0) is 22.8. The van der Waals surface area contributed by atoms with Gasteiger partial charge in [0.2, 0.25) is 0 Å². The molecule has 0 aliphatic heterocycles. The molecule has 9 heteroatoms. The van der Waals surface area contributed by atoms with E-state index in [-0.39, 0.29) is 4.90 Å².